The zero-order valence-corrected chi connectivity index (χ0v) is 9.77. The van der Waals surface area contributed by atoms with Crippen molar-refractivity contribution in [3.63, 3.8) is 0 Å². The maximum atomic E-state index is 11.8. The third-order valence-corrected chi connectivity index (χ3v) is 2.66. The van der Waals surface area contributed by atoms with Gasteiger partial charge in [-0.2, -0.15) is 0 Å². The second-order valence-corrected chi connectivity index (χ2v) is 3.98. The highest BCUT2D eigenvalue weighted by Gasteiger charge is 2.18. The minimum Gasteiger partial charge on any atom is -0.408 e. The molecule has 1 amide bonds. The van der Waals surface area contributed by atoms with Crippen molar-refractivity contribution in [2.75, 3.05) is 31.9 Å². The Morgan fingerprint density at radius 3 is 2.88 bits per heavy atom. The van der Waals surface area contributed by atoms with Gasteiger partial charge in [-0.05, 0) is 18.6 Å². The van der Waals surface area contributed by atoms with Gasteiger partial charge in [0.15, 0.2) is 5.75 Å². The molecule has 0 spiro atoms. The topological polar surface area (TPSA) is 80.5 Å². The predicted octanol–water partition coefficient (Wildman–Crippen LogP) is 0.376. The van der Waals surface area contributed by atoms with Gasteiger partial charge in [0.1, 0.15) is 5.82 Å². The number of ether oxygens (including phenoxy) is 1. The maximum Gasteiger partial charge on any atom is 0.415 e. The molecule has 3 N–H and O–H groups in total. The van der Waals surface area contributed by atoms with Crippen LogP contribution in [0.15, 0.2) is 12.3 Å². The van der Waals surface area contributed by atoms with E-state index in [0.29, 0.717) is 24.7 Å². The fraction of sp³-hybridized carbons (Fsp3) is 0.455. The molecule has 0 aromatic carbocycles. The monoisotopic (exact) mass is 236 g/mol. The Hall–Kier alpha value is -1.82. The molecule has 0 atom stereocenters. The van der Waals surface area contributed by atoms with E-state index in [-0.39, 0.29) is 6.09 Å². The normalized spacial score (nSPS) is 15.7. The lowest BCUT2D eigenvalue weighted by molar-refractivity contribution is 0.145. The summed E-state index contributed by atoms with van der Waals surface area (Å²) in [6.07, 6.45) is 1.14. The summed E-state index contributed by atoms with van der Waals surface area (Å²) in [5, 5.41) is 3.17. The molecule has 17 heavy (non-hydrogen) atoms. The van der Waals surface area contributed by atoms with Crippen molar-refractivity contribution in [2.45, 2.75) is 6.92 Å². The molecule has 92 valence electrons. The summed E-state index contributed by atoms with van der Waals surface area (Å²) in [6, 6.07) is 1.68. The summed E-state index contributed by atoms with van der Waals surface area (Å²) >= 11 is 0. The van der Waals surface area contributed by atoms with Gasteiger partial charge in [-0.1, -0.05) is 0 Å². The molecule has 0 saturated carbocycles. The Balaban J connectivity index is 2.02. The van der Waals surface area contributed by atoms with Crippen LogP contribution in [0.3, 0.4) is 0 Å². The van der Waals surface area contributed by atoms with Gasteiger partial charge < -0.3 is 20.7 Å². The fourth-order valence-corrected chi connectivity index (χ4v) is 1.68. The first-order valence-corrected chi connectivity index (χ1v) is 5.56. The number of nitrogens with one attached hydrogen (secondary N) is 1. The van der Waals surface area contributed by atoms with E-state index in [0.717, 1.165) is 18.7 Å². The van der Waals surface area contributed by atoms with Crippen LogP contribution in [0.5, 0.6) is 5.75 Å². The van der Waals surface area contributed by atoms with Gasteiger partial charge in [0.05, 0.1) is 6.20 Å². The maximum absolute atomic E-state index is 11.8. The van der Waals surface area contributed by atoms with Gasteiger partial charge in [-0.15, -0.1) is 0 Å². The molecule has 1 aromatic rings. The molecule has 0 unspecified atom stereocenters. The van der Waals surface area contributed by atoms with Crippen molar-refractivity contribution < 1.29 is 9.53 Å². The van der Waals surface area contributed by atoms with Crippen LogP contribution < -0.4 is 15.8 Å². The Kier molecular flexibility index (Phi) is 3.43. The summed E-state index contributed by atoms with van der Waals surface area (Å²) in [5.74, 6) is 0.882. The predicted molar refractivity (Wildman–Crippen MR) is 63.9 cm³/mol. The number of amides is 1. The van der Waals surface area contributed by atoms with Crippen molar-refractivity contribution in [3.8, 4) is 5.75 Å². The van der Waals surface area contributed by atoms with Gasteiger partial charge in [-0.3, -0.25) is 0 Å². The number of rotatable bonds is 1. The summed E-state index contributed by atoms with van der Waals surface area (Å²) in [4.78, 5) is 17.4. The Labute approximate surface area is 99.8 Å². The van der Waals surface area contributed by atoms with E-state index in [4.69, 9.17) is 10.5 Å². The third kappa shape index (κ3) is 2.85. The van der Waals surface area contributed by atoms with Crippen LogP contribution >= 0.6 is 0 Å². The largest absolute Gasteiger partial charge is 0.415 e. The highest BCUT2D eigenvalue weighted by Crippen LogP contribution is 2.18. The van der Waals surface area contributed by atoms with Crippen molar-refractivity contribution in [2.24, 2.45) is 0 Å². The van der Waals surface area contributed by atoms with E-state index in [1.807, 2.05) is 6.92 Å². The molecule has 1 saturated heterocycles. The van der Waals surface area contributed by atoms with E-state index >= 15 is 0 Å². The highest BCUT2D eigenvalue weighted by molar-refractivity contribution is 5.71. The first-order valence-electron chi connectivity index (χ1n) is 5.56. The number of aryl methyl sites for hydroxylation is 1. The fourth-order valence-electron chi connectivity index (χ4n) is 1.68. The first-order chi connectivity index (χ1) is 8.16. The SMILES string of the molecule is Cc1cc(N)ncc1OC(=O)N1CCNCC1. The van der Waals surface area contributed by atoms with Crippen LogP contribution in [0.4, 0.5) is 10.6 Å². The van der Waals surface area contributed by atoms with Gasteiger partial charge >= 0.3 is 6.09 Å². The first kappa shape index (κ1) is 11.7. The molecule has 0 aliphatic carbocycles. The molecule has 1 aromatic heterocycles. The molecule has 6 heteroatoms. The highest BCUT2D eigenvalue weighted by atomic mass is 16.6. The minimum atomic E-state index is -0.332. The number of hydrogen-bond donors (Lipinski definition) is 2. The van der Waals surface area contributed by atoms with Gasteiger partial charge in [0.2, 0.25) is 0 Å². The number of aromatic nitrogens is 1. The van der Waals surface area contributed by atoms with E-state index in [1.165, 1.54) is 6.20 Å². The number of nitrogen functional groups attached to an aromatic ring is 1. The lowest BCUT2D eigenvalue weighted by atomic mass is 10.3. The van der Waals surface area contributed by atoms with E-state index in [1.54, 1.807) is 11.0 Å². The summed E-state index contributed by atoms with van der Waals surface area (Å²) < 4.78 is 5.28. The lowest BCUT2D eigenvalue weighted by Gasteiger charge is -2.26. The zero-order valence-electron chi connectivity index (χ0n) is 9.77. The van der Waals surface area contributed by atoms with E-state index < -0.39 is 0 Å². The van der Waals surface area contributed by atoms with Crippen LogP contribution in [0.25, 0.3) is 0 Å². The van der Waals surface area contributed by atoms with Crippen LogP contribution in [0.2, 0.25) is 0 Å². The van der Waals surface area contributed by atoms with Crippen molar-refractivity contribution >= 4 is 11.9 Å². The Bertz CT molecular complexity index is 416. The molecule has 0 radical (unpaired) electrons. The Morgan fingerprint density at radius 2 is 2.24 bits per heavy atom. The van der Waals surface area contributed by atoms with Crippen LogP contribution in [-0.2, 0) is 0 Å². The number of carbonyl (C=O) groups excluding carboxylic acids is 1. The van der Waals surface area contributed by atoms with Crippen LogP contribution in [0, 0.1) is 6.92 Å². The van der Waals surface area contributed by atoms with Gasteiger partial charge in [0, 0.05) is 26.2 Å². The number of pyridine rings is 1. The molecule has 0 bridgehead atoms. The Morgan fingerprint density at radius 1 is 1.53 bits per heavy atom. The van der Waals surface area contributed by atoms with Crippen molar-refractivity contribution in [3.05, 3.63) is 17.8 Å². The van der Waals surface area contributed by atoms with E-state index in [9.17, 15) is 4.79 Å². The second kappa shape index (κ2) is 5.01. The third-order valence-electron chi connectivity index (χ3n) is 2.66. The number of piperazine rings is 1. The zero-order chi connectivity index (χ0) is 12.3. The summed E-state index contributed by atoms with van der Waals surface area (Å²) in [7, 11) is 0. The standard InChI is InChI=1S/C11H16N4O2/c1-8-6-10(12)14-7-9(8)17-11(16)15-4-2-13-3-5-15/h6-7,13H,2-5H2,1H3,(H2,12,14). The molecule has 6 nitrogen and oxygen atoms in total. The summed E-state index contributed by atoms with van der Waals surface area (Å²) in [5.41, 5.74) is 6.34. The number of carbonyl (C=O) groups is 1. The van der Waals surface area contributed by atoms with E-state index in [2.05, 4.69) is 10.3 Å². The lowest BCUT2D eigenvalue weighted by Crippen LogP contribution is -2.47. The number of nitrogens with zero attached hydrogens (tertiary/aromatic N) is 2. The molecule has 2 heterocycles. The van der Waals surface area contributed by atoms with Crippen LogP contribution in [0.1, 0.15) is 5.56 Å². The molecular formula is C11H16N4O2. The minimum absolute atomic E-state index is 0.332. The molecule has 2 rings (SSSR count). The van der Waals surface area contributed by atoms with Gasteiger partial charge in [-0.25, -0.2) is 9.78 Å². The number of nitrogens with two attached hydrogens (primary N) is 1. The van der Waals surface area contributed by atoms with Gasteiger partial charge in [0.25, 0.3) is 0 Å². The quantitative estimate of drug-likeness (QED) is 0.736. The average molecular weight is 236 g/mol. The van der Waals surface area contributed by atoms with Crippen LogP contribution in [-0.4, -0.2) is 42.2 Å². The van der Waals surface area contributed by atoms with Crippen molar-refractivity contribution in [1.29, 1.82) is 0 Å². The number of hydrogen-bond acceptors (Lipinski definition) is 5. The van der Waals surface area contributed by atoms with Crippen molar-refractivity contribution in [1.82, 2.24) is 15.2 Å². The molecule has 1 aliphatic rings. The average Bonchev–Trinajstić information content (AvgIpc) is 2.34. The second-order valence-electron chi connectivity index (χ2n) is 3.98. The number of anilines is 1. The molecule has 1 aliphatic heterocycles. The summed E-state index contributed by atoms with van der Waals surface area (Å²) in [6.45, 7) is 4.76. The molecular weight excluding hydrogens is 220 g/mol. The smallest absolute Gasteiger partial charge is 0.408 e. The molecule has 1 fully saturated rings.